The Labute approximate surface area is 119 Å². The van der Waals surface area contributed by atoms with E-state index < -0.39 is 15.1 Å². The van der Waals surface area contributed by atoms with Gasteiger partial charge in [-0.15, -0.1) is 0 Å². The average Bonchev–Trinajstić information content (AvgIpc) is 2.79. The molecule has 1 heterocycles. The van der Waals surface area contributed by atoms with Gasteiger partial charge in [0.05, 0.1) is 10.1 Å². The number of ether oxygens (including phenoxy) is 2. The number of sulfone groups is 1. The Bertz CT molecular complexity index is 614. The molecule has 0 spiro atoms. The van der Waals surface area contributed by atoms with Crippen LogP contribution in [-0.2, 0) is 9.84 Å². The molecular formula is C14H19NO4S. The molecule has 0 amide bonds. The van der Waals surface area contributed by atoms with E-state index in [2.05, 4.69) is 0 Å². The molecule has 6 heteroatoms. The van der Waals surface area contributed by atoms with Crippen molar-refractivity contribution in [3.8, 4) is 11.5 Å². The van der Waals surface area contributed by atoms with Crippen LogP contribution in [0.25, 0.3) is 0 Å². The molecule has 110 valence electrons. The first kappa shape index (κ1) is 13.7. The van der Waals surface area contributed by atoms with Gasteiger partial charge in [-0.2, -0.15) is 0 Å². The van der Waals surface area contributed by atoms with Crippen molar-refractivity contribution in [2.24, 2.45) is 11.7 Å². The van der Waals surface area contributed by atoms with Gasteiger partial charge >= 0.3 is 0 Å². The molecule has 3 atom stereocenters. The second-order valence-corrected chi connectivity index (χ2v) is 7.66. The first-order valence-corrected chi connectivity index (χ1v) is 8.44. The van der Waals surface area contributed by atoms with Crippen LogP contribution in [0.5, 0.6) is 11.5 Å². The monoisotopic (exact) mass is 297 g/mol. The number of fused-ring (bicyclic) bond motifs is 1. The summed E-state index contributed by atoms with van der Waals surface area (Å²) in [6.07, 6.45) is 1.38. The third-order valence-corrected chi connectivity index (χ3v) is 6.66. The van der Waals surface area contributed by atoms with E-state index in [0.717, 1.165) is 6.42 Å². The van der Waals surface area contributed by atoms with Crippen LogP contribution in [0.3, 0.4) is 0 Å². The van der Waals surface area contributed by atoms with Crippen molar-refractivity contribution >= 4 is 9.84 Å². The highest BCUT2D eigenvalue weighted by molar-refractivity contribution is 7.92. The van der Waals surface area contributed by atoms with E-state index >= 15 is 0 Å². The number of benzene rings is 1. The van der Waals surface area contributed by atoms with Crippen LogP contribution in [0.2, 0.25) is 0 Å². The standard InChI is InChI=1S/C14H19NO4S/c1-9-11(15)3-5-14(9)20(16,17)10-2-4-12-13(8-10)19-7-6-18-12/h2,4,8-9,11,14H,3,5-7,15H2,1H3. The summed E-state index contributed by atoms with van der Waals surface area (Å²) in [6.45, 7) is 2.85. The van der Waals surface area contributed by atoms with Gasteiger partial charge in [0, 0.05) is 12.1 Å². The van der Waals surface area contributed by atoms with Gasteiger partial charge in [0.15, 0.2) is 21.3 Å². The van der Waals surface area contributed by atoms with Gasteiger partial charge in [-0.3, -0.25) is 0 Å². The molecular weight excluding hydrogens is 278 g/mol. The molecule has 0 saturated heterocycles. The predicted octanol–water partition coefficient (Wildman–Crippen LogP) is 1.36. The summed E-state index contributed by atoms with van der Waals surface area (Å²) in [5.74, 6) is 1.09. The van der Waals surface area contributed by atoms with Gasteiger partial charge in [0.1, 0.15) is 13.2 Å². The minimum Gasteiger partial charge on any atom is -0.486 e. The Balaban J connectivity index is 1.95. The molecule has 1 aromatic rings. The Morgan fingerprint density at radius 1 is 1.15 bits per heavy atom. The Morgan fingerprint density at radius 2 is 1.85 bits per heavy atom. The maximum Gasteiger partial charge on any atom is 0.181 e. The SMILES string of the molecule is CC1C(N)CCC1S(=O)(=O)c1ccc2c(c1)OCCO2. The van der Waals surface area contributed by atoms with Crippen molar-refractivity contribution in [1.29, 1.82) is 0 Å². The summed E-state index contributed by atoms with van der Waals surface area (Å²) in [6, 6.07) is 4.80. The van der Waals surface area contributed by atoms with Crippen LogP contribution < -0.4 is 15.2 Å². The molecule has 0 radical (unpaired) electrons. The zero-order chi connectivity index (χ0) is 14.3. The molecule has 1 aliphatic heterocycles. The molecule has 2 N–H and O–H groups in total. The third-order valence-electron chi connectivity index (χ3n) is 4.29. The van der Waals surface area contributed by atoms with Crippen LogP contribution in [0, 0.1) is 5.92 Å². The predicted molar refractivity (Wildman–Crippen MR) is 74.8 cm³/mol. The Hall–Kier alpha value is -1.27. The molecule has 1 aromatic carbocycles. The molecule has 0 bridgehead atoms. The van der Waals surface area contributed by atoms with E-state index in [1.54, 1.807) is 18.2 Å². The van der Waals surface area contributed by atoms with Crippen molar-refractivity contribution in [3.05, 3.63) is 18.2 Å². The summed E-state index contributed by atoms with van der Waals surface area (Å²) in [5.41, 5.74) is 5.95. The van der Waals surface area contributed by atoms with E-state index in [0.29, 0.717) is 36.0 Å². The van der Waals surface area contributed by atoms with Gasteiger partial charge < -0.3 is 15.2 Å². The Morgan fingerprint density at radius 3 is 2.50 bits per heavy atom. The normalized spacial score (nSPS) is 29.4. The third kappa shape index (κ3) is 2.16. The maximum atomic E-state index is 12.7. The molecule has 3 rings (SSSR count). The van der Waals surface area contributed by atoms with Gasteiger partial charge in [-0.25, -0.2) is 8.42 Å². The molecule has 1 saturated carbocycles. The first-order valence-electron chi connectivity index (χ1n) is 6.89. The lowest BCUT2D eigenvalue weighted by Crippen LogP contribution is -2.32. The minimum absolute atomic E-state index is 0.0202. The lowest BCUT2D eigenvalue weighted by Gasteiger charge is -2.21. The molecule has 2 aliphatic rings. The Kier molecular flexibility index (Phi) is 3.38. The topological polar surface area (TPSA) is 78.6 Å². The smallest absolute Gasteiger partial charge is 0.181 e. The summed E-state index contributed by atoms with van der Waals surface area (Å²) < 4.78 is 36.3. The number of hydrogen-bond acceptors (Lipinski definition) is 5. The molecule has 1 aliphatic carbocycles. The van der Waals surface area contributed by atoms with E-state index in [-0.39, 0.29) is 12.0 Å². The van der Waals surface area contributed by atoms with Crippen LogP contribution in [0.15, 0.2) is 23.1 Å². The highest BCUT2D eigenvalue weighted by atomic mass is 32.2. The highest BCUT2D eigenvalue weighted by Gasteiger charge is 2.40. The van der Waals surface area contributed by atoms with E-state index in [1.165, 1.54) is 0 Å². The van der Waals surface area contributed by atoms with Crippen LogP contribution >= 0.6 is 0 Å². The first-order chi connectivity index (χ1) is 9.50. The largest absolute Gasteiger partial charge is 0.486 e. The summed E-state index contributed by atoms with van der Waals surface area (Å²) >= 11 is 0. The zero-order valence-corrected chi connectivity index (χ0v) is 12.2. The molecule has 3 unspecified atom stereocenters. The summed E-state index contributed by atoms with van der Waals surface area (Å²) in [4.78, 5) is 0.299. The number of hydrogen-bond donors (Lipinski definition) is 1. The quantitative estimate of drug-likeness (QED) is 0.891. The van der Waals surface area contributed by atoms with Crippen molar-refractivity contribution in [2.45, 2.75) is 36.0 Å². The van der Waals surface area contributed by atoms with Crippen molar-refractivity contribution < 1.29 is 17.9 Å². The van der Waals surface area contributed by atoms with E-state index in [9.17, 15) is 8.42 Å². The fourth-order valence-corrected chi connectivity index (χ4v) is 5.06. The van der Waals surface area contributed by atoms with Crippen LogP contribution in [-0.4, -0.2) is 32.9 Å². The maximum absolute atomic E-state index is 12.7. The second kappa shape index (κ2) is 4.93. The average molecular weight is 297 g/mol. The van der Waals surface area contributed by atoms with Crippen molar-refractivity contribution in [3.63, 3.8) is 0 Å². The fraction of sp³-hybridized carbons (Fsp3) is 0.571. The van der Waals surface area contributed by atoms with Gasteiger partial charge in [-0.05, 0) is 30.9 Å². The van der Waals surface area contributed by atoms with E-state index in [1.807, 2.05) is 6.92 Å². The van der Waals surface area contributed by atoms with E-state index in [4.69, 9.17) is 15.2 Å². The number of nitrogens with two attached hydrogens (primary N) is 1. The summed E-state index contributed by atoms with van der Waals surface area (Å²) in [5, 5.41) is -0.403. The minimum atomic E-state index is -3.37. The van der Waals surface area contributed by atoms with Crippen LogP contribution in [0.1, 0.15) is 19.8 Å². The molecule has 1 fully saturated rings. The lowest BCUT2D eigenvalue weighted by molar-refractivity contribution is 0.171. The van der Waals surface area contributed by atoms with Gasteiger partial charge in [0.2, 0.25) is 0 Å². The second-order valence-electron chi connectivity index (χ2n) is 5.49. The molecule has 5 nitrogen and oxygen atoms in total. The van der Waals surface area contributed by atoms with Crippen LogP contribution in [0.4, 0.5) is 0 Å². The lowest BCUT2D eigenvalue weighted by atomic mass is 10.1. The van der Waals surface area contributed by atoms with Gasteiger partial charge in [0.25, 0.3) is 0 Å². The van der Waals surface area contributed by atoms with Crippen molar-refractivity contribution in [1.82, 2.24) is 0 Å². The summed E-state index contributed by atoms with van der Waals surface area (Å²) in [7, 11) is -3.37. The zero-order valence-electron chi connectivity index (χ0n) is 11.4. The number of rotatable bonds is 2. The van der Waals surface area contributed by atoms with Gasteiger partial charge in [-0.1, -0.05) is 6.92 Å². The molecule has 20 heavy (non-hydrogen) atoms. The van der Waals surface area contributed by atoms with Crippen molar-refractivity contribution in [2.75, 3.05) is 13.2 Å². The molecule has 0 aromatic heterocycles. The fourth-order valence-electron chi connectivity index (χ4n) is 2.97. The highest BCUT2D eigenvalue weighted by Crippen LogP contribution is 2.37.